The van der Waals surface area contributed by atoms with E-state index in [-0.39, 0.29) is 17.7 Å². The van der Waals surface area contributed by atoms with Crippen LogP contribution in [0, 0.1) is 6.92 Å². The van der Waals surface area contributed by atoms with Gasteiger partial charge in [0, 0.05) is 11.8 Å². The lowest BCUT2D eigenvalue weighted by Gasteiger charge is -2.11. The molecule has 3 aromatic rings. The van der Waals surface area contributed by atoms with Crippen molar-refractivity contribution in [2.24, 2.45) is 0 Å². The number of esters is 1. The molecule has 0 unspecified atom stereocenters. The molecule has 3 rings (SSSR count). The number of aromatic nitrogens is 3. The predicted molar refractivity (Wildman–Crippen MR) is 90.5 cm³/mol. The Kier molecular flexibility index (Phi) is 4.66. The number of rotatable bonds is 5. The molecule has 0 aliphatic rings. The number of aryl methyl sites for hydroxylation is 1. The van der Waals surface area contributed by atoms with Gasteiger partial charge in [-0.1, -0.05) is 17.4 Å². The molecular weight excluding hydrogens is 346 g/mol. The van der Waals surface area contributed by atoms with E-state index in [1.807, 2.05) is 0 Å². The smallest absolute Gasteiger partial charge is 0.346 e. The third kappa shape index (κ3) is 3.31. The van der Waals surface area contributed by atoms with Crippen molar-refractivity contribution >= 4 is 22.3 Å². The maximum Gasteiger partial charge on any atom is 0.346 e. The van der Waals surface area contributed by atoms with E-state index in [0.29, 0.717) is 27.2 Å². The van der Waals surface area contributed by atoms with Crippen LogP contribution in [0.2, 0.25) is 0 Å². The zero-order chi connectivity index (χ0) is 18.0. The largest absolute Gasteiger partial charge is 0.496 e. The predicted octanol–water partition coefficient (Wildman–Crippen LogP) is 1.83. The van der Waals surface area contributed by atoms with Gasteiger partial charge in [0.25, 0.3) is 5.56 Å². The van der Waals surface area contributed by atoms with E-state index in [2.05, 4.69) is 10.1 Å². The highest BCUT2D eigenvalue weighted by Gasteiger charge is 2.20. The maximum atomic E-state index is 12.4. The monoisotopic (exact) mass is 361 g/mol. The number of carbonyl (C=O) groups excluding carboxylic acids is 1. The fraction of sp³-hybridized carbons (Fsp3) is 0.250. The number of nitrogens with zero attached hydrogens (tertiary/aromatic N) is 3. The zero-order valence-electron chi connectivity index (χ0n) is 13.8. The van der Waals surface area contributed by atoms with Gasteiger partial charge in [-0.05, 0) is 19.1 Å². The van der Waals surface area contributed by atoms with Gasteiger partial charge < -0.3 is 14.2 Å². The fourth-order valence-corrected chi connectivity index (χ4v) is 3.13. The van der Waals surface area contributed by atoms with Crippen molar-refractivity contribution < 1.29 is 19.0 Å². The lowest BCUT2D eigenvalue weighted by atomic mass is 10.2. The summed E-state index contributed by atoms with van der Waals surface area (Å²) in [5.74, 6) is 0.0920. The number of methoxy groups -OCH3 is 2. The second-order valence-corrected chi connectivity index (χ2v) is 6.08. The third-order valence-corrected chi connectivity index (χ3v) is 4.26. The Morgan fingerprint density at radius 2 is 1.92 bits per heavy atom. The second-order valence-electron chi connectivity index (χ2n) is 5.04. The van der Waals surface area contributed by atoms with Crippen molar-refractivity contribution in [1.29, 1.82) is 0 Å². The minimum Gasteiger partial charge on any atom is -0.496 e. The van der Waals surface area contributed by atoms with Crippen LogP contribution in [0.5, 0.6) is 11.5 Å². The van der Waals surface area contributed by atoms with Crippen LogP contribution in [0.4, 0.5) is 0 Å². The topological polar surface area (TPSA) is 92.0 Å². The zero-order valence-corrected chi connectivity index (χ0v) is 14.6. The number of fused-ring (bicyclic) bond motifs is 1. The summed E-state index contributed by atoms with van der Waals surface area (Å²) in [7, 11) is 2.92. The quantitative estimate of drug-likeness (QED) is 0.640. The molecule has 0 bridgehead atoms. The summed E-state index contributed by atoms with van der Waals surface area (Å²) < 4.78 is 16.9. The first-order valence-electron chi connectivity index (χ1n) is 7.28. The van der Waals surface area contributed by atoms with Crippen molar-refractivity contribution in [3.63, 3.8) is 0 Å². The van der Waals surface area contributed by atoms with Gasteiger partial charge in [0.15, 0.2) is 5.01 Å². The molecule has 0 aliphatic carbocycles. The van der Waals surface area contributed by atoms with E-state index < -0.39 is 5.97 Å². The average Bonchev–Trinajstić information content (AvgIpc) is 3.02. The van der Waals surface area contributed by atoms with E-state index in [1.54, 1.807) is 25.1 Å². The van der Waals surface area contributed by atoms with Crippen LogP contribution in [0.15, 0.2) is 29.1 Å². The van der Waals surface area contributed by atoms with Crippen LogP contribution < -0.4 is 15.0 Å². The minimum atomic E-state index is -0.606. The van der Waals surface area contributed by atoms with Crippen molar-refractivity contribution in [2.75, 3.05) is 14.2 Å². The number of ether oxygens (including phenoxy) is 3. The van der Waals surface area contributed by atoms with Crippen LogP contribution in [0.1, 0.15) is 21.1 Å². The Morgan fingerprint density at radius 3 is 2.56 bits per heavy atom. The van der Waals surface area contributed by atoms with E-state index in [0.717, 1.165) is 0 Å². The molecule has 130 valence electrons. The molecule has 0 saturated carbocycles. The molecule has 8 nitrogen and oxygen atoms in total. The van der Waals surface area contributed by atoms with Crippen molar-refractivity contribution in [1.82, 2.24) is 14.6 Å². The summed E-state index contributed by atoms with van der Waals surface area (Å²) in [5, 5.41) is 4.58. The van der Waals surface area contributed by atoms with Gasteiger partial charge >= 0.3 is 5.97 Å². The van der Waals surface area contributed by atoms with E-state index in [4.69, 9.17) is 14.2 Å². The summed E-state index contributed by atoms with van der Waals surface area (Å²) in [6.45, 7) is 1.64. The summed E-state index contributed by atoms with van der Waals surface area (Å²) in [5.41, 5.74) is 0.526. The lowest BCUT2D eigenvalue weighted by Crippen LogP contribution is -2.14. The van der Waals surface area contributed by atoms with Gasteiger partial charge in [-0.3, -0.25) is 4.79 Å². The van der Waals surface area contributed by atoms with Gasteiger partial charge in [-0.15, -0.1) is 0 Å². The van der Waals surface area contributed by atoms with Gasteiger partial charge in [0.05, 0.1) is 14.2 Å². The first kappa shape index (κ1) is 16.9. The molecule has 1 aromatic carbocycles. The summed E-state index contributed by atoms with van der Waals surface area (Å²) in [6, 6.07) is 6.39. The number of benzene rings is 1. The van der Waals surface area contributed by atoms with Crippen LogP contribution in [0.3, 0.4) is 0 Å². The SMILES string of the molecule is COc1cccc(OC)c1C(=O)OCc1nn2c(=O)cc(C)nc2s1. The van der Waals surface area contributed by atoms with Gasteiger partial charge in [0.1, 0.15) is 23.7 Å². The van der Waals surface area contributed by atoms with E-state index >= 15 is 0 Å². The molecule has 2 heterocycles. The average molecular weight is 361 g/mol. The highest BCUT2D eigenvalue weighted by molar-refractivity contribution is 7.16. The molecule has 0 radical (unpaired) electrons. The Hall–Kier alpha value is -2.94. The molecule has 0 amide bonds. The Morgan fingerprint density at radius 1 is 1.24 bits per heavy atom. The van der Waals surface area contributed by atoms with Crippen LogP contribution >= 0.6 is 11.3 Å². The highest BCUT2D eigenvalue weighted by Crippen LogP contribution is 2.29. The standard InChI is InChI=1S/C16H15N3O5S/c1-9-7-13(20)19-16(17-9)25-12(18-19)8-24-15(21)14-10(22-2)5-4-6-11(14)23-3/h4-7H,8H2,1-3H3. The fourth-order valence-electron chi connectivity index (χ4n) is 2.27. The molecule has 0 N–H and O–H groups in total. The molecule has 0 atom stereocenters. The Bertz CT molecular complexity index is 973. The molecule has 0 aliphatic heterocycles. The van der Waals surface area contributed by atoms with Crippen LogP contribution in [-0.4, -0.2) is 34.8 Å². The van der Waals surface area contributed by atoms with Crippen LogP contribution in [0.25, 0.3) is 4.96 Å². The molecule has 2 aromatic heterocycles. The molecule has 25 heavy (non-hydrogen) atoms. The summed E-state index contributed by atoms with van der Waals surface area (Å²) in [4.78, 5) is 29.0. The first-order valence-corrected chi connectivity index (χ1v) is 8.09. The highest BCUT2D eigenvalue weighted by atomic mass is 32.1. The van der Waals surface area contributed by atoms with E-state index in [1.165, 1.54) is 36.1 Å². The van der Waals surface area contributed by atoms with Crippen molar-refractivity contribution in [3.8, 4) is 11.5 Å². The van der Waals surface area contributed by atoms with Gasteiger partial charge in [-0.2, -0.15) is 9.61 Å². The van der Waals surface area contributed by atoms with Crippen molar-refractivity contribution in [2.45, 2.75) is 13.5 Å². The summed E-state index contributed by atoms with van der Waals surface area (Å²) >= 11 is 1.18. The number of carbonyl (C=O) groups is 1. The second kappa shape index (κ2) is 6.89. The maximum absolute atomic E-state index is 12.4. The Labute approximate surface area is 146 Å². The molecule has 0 spiro atoms. The normalized spacial score (nSPS) is 10.7. The third-order valence-electron chi connectivity index (χ3n) is 3.37. The first-order chi connectivity index (χ1) is 12.0. The van der Waals surface area contributed by atoms with Crippen molar-refractivity contribution in [3.05, 3.63) is 50.9 Å². The van der Waals surface area contributed by atoms with Crippen LogP contribution in [-0.2, 0) is 11.3 Å². The van der Waals surface area contributed by atoms with E-state index in [9.17, 15) is 9.59 Å². The molecule has 9 heteroatoms. The molecule has 0 saturated heterocycles. The van der Waals surface area contributed by atoms with Gasteiger partial charge in [-0.25, -0.2) is 9.78 Å². The minimum absolute atomic E-state index is 0.0907. The number of hydrogen-bond acceptors (Lipinski definition) is 8. The summed E-state index contributed by atoms with van der Waals surface area (Å²) in [6.07, 6.45) is 0. The van der Waals surface area contributed by atoms with Gasteiger partial charge in [0.2, 0.25) is 4.96 Å². The molecular formula is C16H15N3O5S. The Balaban J connectivity index is 1.84. The number of hydrogen-bond donors (Lipinski definition) is 0. The lowest BCUT2D eigenvalue weighted by molar-refractivity contribution is 0.0464. The molecule has 0 fully saturated rings.